The van der Waals surface area contributed by atoms with E-state index in [-0.39, 0.29) is 0 Å². The van der Waals surface area contributed by atoms with E-state index in [2.05, 4.69) is 0 Å². The maximum Gasteiger partial charge on any atom is 0.317 e. The van der Waals surface area contributed by atoms with Gasteiger partial charge in [0.2, 0.25) is 0 Å². The van der Waals surface area contributed by atoms with Crippen molar-refractivity contribution in [3.05, 3.63) is 90.5 Å². The molecule has 3 aromatic rings. The number of carbonyl (C=O) groups is 1. The van der Waals surface area contributed by atoms with Crippen LogP contribution < -0.4 is 4.74 Å². The minimum Gasteiger partial charge on any atom is -0.480 e. The Morgan fingerprint density at radius 3 is 2.00 bits per heavy atom. The van der Waals surface area contributed by atoms with Gasteiger partial charge in [-0.25, -0.2) is 0 Å². The topological polar surface area (TPSA) is 46.5 Å². The molecule has 0 radical (unpaired) electrons. The van der Waals surface area contributed by atoms with Crippen LogP contribution >= 0.6 is 11.8 Å². The smallest absolute Gasteiger partial charge is 0.317 e. The molecule has 0 aromatic heterocycles. The van der Waals surface area contributed by atoms with Crippen molar-refractivity contribution in [3.63, 3.8) is 0 Å². The highest BCUT2D eigenvalue weighted by atomic mass is 32.2. The summed E-state index contributed by atoms with van der Waals surface area (Å²) in [6, 6.07) is 26.7. The van der Waals surface area contributed by atoms with Gasteiger partial charge in [0.1, 0.15) is 16.7 Å². The summed E-state index contributed by atoms with van der Waals surface area (Å²) in [7, 11) is 0. The van der Waals surface area contributed by atoms with Gasteiger partial charge in [0, 0.05) is 4.90 Å². The maximum absolute atomic E-state index is 11.6. The van der Waals surface area contributed by atoms with Gasteiger partial charge in [-0.2, -0.15) is 0 Å². The van der Waals surface area contributed by atoms with Crippen molar-refractivity contribution in [2.45, 2.75) is 16.6 Å². The lowest BCUT2D eigenvalue weighted by Gasteiger charge is -2.13. The van der Waals surface area contributed by atoms with Crippen LogP contribution in [0.5, 0.6) is 11.5 Å². The maximum atomic E-state index is 11.6. The Hall–Kier alpha value is -2.72. The summed E-state index contributed by atoms with van der Waals surface area (Å²) >= 11 is 1.37. The second-order valence-electron chi connectivity index (χ2n) is 5.52. The average Bonchev–Trinajstić information content (AvgIpc) is 2.64. The Balaban J connectivity index is 1.65. The molecule has 0 aliphatic carbocycles. The molecule has 0 bridgehead atoms. The minimum absolute atomic E-state index is 0.459. The molecule has 3 rings (SSSR count). The van der Waals surface area contributed by atoms with Crippen molar-refractivity contribution in [2.24, 2.45) is 0 Å². The van der Waals surface area contributed by atoms with Gasteiger partial charge in [-0.3, -0.25) is 4.79 Å². The van der Waals surface area contributed by atoms with Crippen LogP contribution in [0, 0.1) is 0 Å². The fourth-order valence-electron chi connectivity index (χ4n) is 2.37. The molecule has 0 fully saturated rings. The molecule has 0 unspecified atom stereocenters. The van der Waals surface area contributed by atoms with E-state index in [4.69, 9.17) is 4.74 Å². The van der Waals surface area contributed by atoms with Crippen LogP contribution in [-0.4, -0.2) is 16.3 Å². The Labute approximate surface area is 151 Å². The van der Waals surface area contributed by atoms with Gasteiger partial charge in [-0.15, -0.1) is 11.8 Å². The number of carboxylic acids is 1. The third-order valence-electron chi connectivity index (χ3n) is 3.62. The first kappa shape index (κ1) is 17.1. The molecule has 0 saturated carbocycles. The summed E-state index contributed by atoms with van der Waals surface area (Å²) < 4.78 is 5.76. The molecule has 25 heavy (non-hydrogen) atoms. The minimum atomic E-state index is -0.807. The zero-order valence-corrected chi connectivity index (χ0v) is 14.4. The first-order valence-electron chi connectivity index (χ1n) is 7.97. The van der Waals surface area contributed by atoms with E-state index in [1.54, 1.807) is 0 Å². The van der Waals surface area contributed by atoms with Crippen molar-refractivity contribution >= 4 is 17.7 Å². The standard InChI is InChI=1S/C21H18O3S/c22-21(23)20(25-19-9-5-2-6-10-19)15-16-11-13-18(14-12-16)24-17-7-3-1-4-8-17/h1-14,20H,15H2,(H,22,23)/t20-/m0/s1. The number of rotatable bonds is 7. The summed E-state index contributed by atoms with van der Waals surface area (Å²) in [6.45, 7) is 0. The molecule has 4 heteroatoms. The molecular formula is C21H18O3S. The highest BCUT2D eigenvalue weighted by molar-refractivity contribution is 8.00. The van der Waals surface area contributed by atoms with Crippen LogP contribution in [0.1, 0.15) is 5.56 Å². The fourth-order valence-corrected chi connectivity index (χ4v) is 3.39. The molecule has 0 heterocycles. The molecule has 0 aliphatic rings. The van der Waals surface area contributed by atoms with Crippen molar-refractivity contribution < 1.29 is 14.6 Å². The van der Waals surface area contributed by atoms with Gasteiger partial charge >= 0.3 is 5.97 Å². The lowest BCUT2D eigenvalue weighted by atomic mass is 10.1. The Bertz CT molecular complexity index is 802. The summed E-state index contributed by atoms with van der Waals surface area (Å²) in [5.74, 6) is 0.703. The number of carboxylic acid groups (broad SMARTS) is 1. The number of benzene rings is 3. The van der Waals surface area contributed by atoms with Crippen molar-refractivity contribution in [1.82, 2.24) is 0 Å². The molecule has 1 atom stereocenters. The average molecular weight is 350 g/mol. The molecule has 0 amide bonds. The number of ether oxygens (including phenoxy) is 1. The molecule has 0 aliphatic heterocycles. The van der Waals surface area contributed by atoms with Crippen LogP contribution in [0.3, 0.4) is 0 Å². The lowest BCUT2D eigenvalue weighted by molar-refractivity contribution is -0.136. The molecule has 0 spiro atoms. The molecule has 126 valence electrons. The van der Waals surface area contributed by atoms with Gasteiger partial charge in [-0.1, -0.05) is 48.5 Å². The zero-order valence-electron chi connectivity index (χ0n) is 13.5. The van der Waals surface area contributed by atoms with Crippen LogP contribution in [0.25, 0.3) is 0 Å². The second kappa shape index (κ2) is 8.40. The van der Waals surface area contributed by atoms with Gasteiger partial charge in [0.25, 0.3) is 0 Å². The Morgan fingerprint density at radius 2 is 1.40 bits per heavy atom. The van der Waals surface area contributed by atoms with E-state index in [1.807, 2.05) is 84.9 Å². The number of hydrogen-bond donors (Lipinski definition) is 1. The summed E-state index contributed by atoms with van der Waals surface area (Å²) in [4.78, 5) is 12.5. The predicted octanol–water partition coefficient (Wildman–Crippen LogP) is 5.27. The Kier molecular flexibility index (Phi) is 5.75. The van der Waals surface area contributed by atoms with Gasteiger partial charge in [0.15, 0.2) is 0 Å². The molecular weight excluding hydrogens is 332 g/mol. The third-order valence-corrected chi connectivity index (χ3v) is 4.82. The highest BCUT2D eigenvalue weighted by Crippen LogP contribution is 2.27. The Morgan fingerprint density at radius 1 is 0.840 bits per heavy atom. The summed E-state index contributed by atoms with van der Waals surface area (Å²) in [5, 5.41) is 8.98. The molecule has 1 N–H and O–H groups in total. The van der Waals surface area contributed by atoms with Gasteiger partial charge in [0.05, 0.1) is 0 Å². The van der Waals surface area contributed by atoms with Gasteiger partial charge < -0.3 is 9.84 Å². The van der Waals surface area contributed by atoms with E-state index < -0.39 is 11.2 Å². The fraction of sp³-hybridized carbons (Fsp3) is 0.0952. The number of para-hydroxylation sites is 1. The largest absolute Gasteiger partial charge is 0.480 e. The van der Waals surface area contributed by atoms with E-state index >= 15 is 0 Å². The summed E-state index contributed by atoms with van der Waals surface area (Å²) in [5.41, 5.74) is 0.969. The number of thioether (sulfide) groups is 1. The quantitative estimate of drug-likeness (QED) is 0.590. The van der Waals surface area contributed by atoms with Crippen LogP contribution in [0.4, 0.5) is 0 Å². The zero-order chi connectivity index (χ0) is 17.5. The number of hydrogen-bond acceptors (Lipinski definition) is 3. The van der Waals surface area contributed by atoms with Crippen LogP contribution in [-0.2, 0) is 11.2 Å². The summed E-state index contributed by atoms with van der Waals surface area (Å²) in [6.07, 6.45) is 0.459. The molecule has 0 saturated heterocycles. The van der Waals surface area contributed by atoms with Crippen LogP contribution in [0.15, 0.2) is 89.8 Å². The van der Waals surface area contributed by atoms with Gasteiger partial charge in [-0.05, 0) is 48.4 Å². The predicted molar refractivity (Wildman–Crippen MR) is 100 cm³/mol. The second-order valence-corrected chi connectivity index (χ2v) is 6.80. The van der Waals surface area contributed by atoms with Crippen molar-refractivity contribution in [2.75, 3.05) is 0 Å². The van der Waals surface area contributed by atoms with E-state index in [0.717, 1.165) is 22.0 Å². The first-order valence-corrected chi connectivity index (χ1v) is 8.85. The molecule has 3 nitrogen and oxygen atoms in total. The van der Waals surface area contributed by atoms with E-state index in [0.29, 0.717) is 6.42 Å². The first-order chi connectivity index (χ1) is 12.2. The highest BCUT2D eigenvalue weighted by Gasteiger charge is 2.19. The molecule has 3 aromatic carbocycles. The van der Waals surface area contributed by atoms with Crippen molar-refractivity contribution in [3.8, 4) is 11.5 Å². The number of aliphatic carboxylic acids is 1. The normalized spacial score (nSPS) is 11.7. The monoisotopic (exact) mass is 350 g/mol. The lowest BCUT2D eigenvalue weighted by Crippen LogP contribution is -2.19. The van der Waals surface area contributed by atoms with E-state index in [1.165, 1.54) is 11.8 Å². The third kappa shape index (κ3) is 5.13. The SMILES string of the molecule is O=C(O)[C@H](Cc1ccc(Oc2ccccc2)cc1)Sc1ccccc1. The van der Waals surface area contributed by atoms with Crippen LogP contribution in [0.2, 0.25) is 0 Å². The van der Waals surface area contributed by atoms with E-state index in [9.17, 15) is 9.90 Å². The van der Waals surface area contributed by atoms with Crippen molar-refractivity contribution in [1.29, 1.82) is 0 Å².